The second-order valence-corrected chi connectivity index (χ2v) is 10.4. The molecule has 1 aromatic carbocycles. The summed E-state index contributed by atoms with van der Waals surface area (Å²) in [7, 11) is 1.69. The minimum Gasteiger partial charge on any atom is -0.497 e. The van der Waals surface area contributed by atoms with Crippen molar-refractivity contribution in [3.63, 3.8) is 0 Å². The molecule has 1 aliphatic carbocycles. The molecule has 4 aliphatic rings. The van der Waals surface area contributed by atoms with Crippen LogP contribution in [0.1, 0.15) is 76.4 Å². The Kier molecular flexibility index (Phi) is 10.1. The van der Waals surface area contributed by atoms with Crippen LogP contribution in [0.2, 0.25) is 0 Å². The Labute approximate surface area is 222 Å². The number of benzene rings is 1. The van der Waals surface area contributed by atoms with Crippen molar-refractivity contribution in [1.29, 1.82) is 0 Å². The summed E-state index contributed by atoms with van der Waals surface area (Å²) in [4.78, 5) is 20.3. The highest BCUT2D eigenvalue weighted by molar-refractivity contribution is 5.86. The second kappa shape index (κ2) is 12.6. The molecule has 5 unspecified atom stereocenters. The van der Waals surface area contributed by atoms with E-state index in [2.05, 4.69) is 22.9 Å². The summed E-state index contributed by atoms with van der Waals surface area (Å²) >= 11 is 0. The predicted octanol–water partition coefficient (Wildman–Crippen LogP) is 6.76. The average Bonchev–Trinajstić information content (AvgIpc) is 3.39. The normalized spacial score (nSPS) is 26.6. The van der Waals surface area contributed by atoms with Crippen LogP contribution in [0.15, 0.2) is 30.5 Å². The zero-order chi connectivity index (χ0) is 22.8. The number of pyridine rings is 1. The fourth-order valence-corrected chi connectivity index (χ4v) is 6.65. The smallest absolute Gasteiger partial charge is 0.306 e. The van der Waals surface area contributed by atoms with E-state index in [1.165, 1.54) is 38.5 Å². The van der Waals surface area contributed by atoms with Gasteiger partial charge in [-0.3, -0.25) is 14.7 Å². The molecule has 5 nitrogen and oxygen atoms in total. The molecule has 2 aromatic rings. The van der Waals surface area contributed by atoms with E-state index in [0.717, 1.165) is 60.0 Å². The average molecular weight is 524 g/mol. The Morgan fingerprint density at radius 2 is 1.97 bits per heavy atom. The number of carbonyl (C=O) groups is 1. The molecule has 6 rings (SSSR count). The number of piperidine rings is 3. The van der Waals surface area contributed by atoms with E-state index in [0.29, 0.717) is 12.3 Å². The summed E-state index contributed by atoms with van der Waals surface area (Å²) in [6, 6.07) is 8.27. The number of methoxy groups -OCH3 is 1. The highest BCUT2D eigenvalue weighted by atomic mass is 35.5. The van der Waals surface area contributed by atoms with Gasteiger partial charge in [0.15, 0.2) is 0 Å². The monoisotopic (exact) mass is 522 g/mol. The zero-order valence-corrected chi connectivity index (χ0v) is 22.6. The van der Waals surface area contributed by atoms with Gasteiger partial charge in [0.05, 0.1) is 18.7 Å². The first kappa shape index (κ1) is 28.0. The fourth-order valence-electron chi connectivity index (χ4n) is 6.65. The maximum absolute atomic E-state index is 13.1. The summed E-state index contributed by atoms with van der Waals surface area (Å²) in [5.74, 6) is 2.95. The molecule has 7 heteroatoms. The van der Waals surface area contributed by atoms with Crippen LogP contribution >= 0.6 is 24.8 Å². The lowest BCUT2D eigenvalue weighted by Crippen LogP contribution is -2.55. The van der Waals surface area contributed by atoms with Gasteiger partial charge in [-0.2, -0.15) is 0 Å². The van der Waals surface area contributed by atoms with Gasteiger partial charge in [-0.25, -0.2) is 0 Å². The Balaban J connectivity index is 0.00000171. The number of carbonyl (C=O) groups excluding carboxylic acids is 1. The van der Waals surface area contributed by atoms with Crippen molar-refractivity contribution in [2.45, 2.75) is 76.9 Å². The van der Waals surface area contributed by atoms with Crippen LogP contribution in [0.5, 0.6) is 5.75 Å². The molecule has 2 bridgehead atoms. The predicted molar refractivity (Wildman–Crippen MR) is 145 cm³/mol. The van der Waals surface area contributed by atoms with Gasteiger partial charge in [0, 0.05) is 30.1 Å². The van der Waals surface area contributed by atoms with E-state index in [1.54, 1.807) is 7.11 Å². The quantitative estimate of drug-likeness (QED) is 0.358. The van der Waals surface area contributed by atoms with E-state index < -0.39 is 0 Å². The van der Waals surface area contributed by atoms with Gasteiger partial charge in [-0.15, -0.1) is 24.8 Å². The van der Waals surface area contributed by atoms with E-state index in [-0.39, 0.29) is 42.9 Å². The Morgan fingerprint density at radius 1 is 1.17 bits per heavy atom. The number of fused-ring (bicyclic) bond motifs is 4. The van der Waals surface area contributed by atoms with E-state index in [1.807, 2.05) is 24.4 Å². The first-order chi connectivity index (χ1) is 16.2. The number of ether oxygens (including phenoxy) is 2. The molecule has 1 aromatic heterocycles. The molecule has 194 valence electrons. The fraction of sp³-hybridized carbons (Fsp3) is 0.643. The molecule has 0 spiro atoms. The first-order valence-corrected chi connectivity index (χ1v) is 13.0. The van der Waals surface area contributed by atoms with Crippen molar-refractivity contribution in [2.75, 3.05) is 20.2 Å². The molecular weight excluding hydrogens is 483 g/mol. The number of esters is 1. The van der Waals surface area contributed by atoms with Crippen LogP contribution in [0, 0.1) is 17.8 Å². The third-order valence-corrected chi connectivity index (χ3v) is 8.59. The third kappa shape index (κ3) is 6.06. The first-order valence-electron chi connectivity index (χ1n) is 13.0. The number of nitrogens with zero attached hydrogens (tertiary/aromatic N) is 2. The van der Waals surface area contributed by atoms with E-state index in [9.17, 15) is 4.79 Å². The van der Waals surface area contributed by atoms with Crippen LogP contribution < -0.4 is 4.74 Å². The van der Waals surface area contributed by atoms with Crippen molar-refractivity contribution in [3.05, 3.63) is 36.0 Å². The highest BCUT2D eigenvalue weighted by Gasteiger charge is 2.44. The Bertz CT molecular complexity index is 982. The standard InChI is InChI=1S/C28H38N2O3.2ClH/c1-3-20-18-30-15-13-21(20)16-26(30)28(33-27(31)11-8-19-6-4-5-7-19)23-12-14-29-25-10-9-22(32-2)17-24(23)25;;/h9-10,12,14,17,19-21,26,28H,3-8,11,13,15-16,18H2,1-2H3;2*1H. The van der Waals surface area contributed by atoms with Crippen molar-refractivity contribution < 1.29 is 14.3 Å². The maximum atomic E-state index is 13.1. The maximum Gasteiger partial charge on any atom is 0.306 e. The van der Waals surface area contributed by atoms with Gasteiger partial charge in [-0.1, -0.05) is 39.0 Å². The number of rotatable bonds is 8. The minimum absolute atomic E-state index is 0. The molecule has 35 heavy (non-hydrogen) atoms. The number of hydrogen-bond donors (Lipinski definition) is 0. The number of hydrogen-bond acceptors (Lipinski definition) is 5. The summed E-state index contributed by atoms with van der Waals surface area (Å²) in [6.07, 6.45) is 11.8. The SMILES string of the molecule is CCC1CN2CCC1CC2C(OC(=O)CCC1CCCC1)c1ccnc2ccc(OC)cc12.Cl.Cl. The molecule has 0 amide bonds. The van der Waals surface area contributed by atoms with Gasteiger partial charge in [0.25, 0.3) is 0 Å². The zero-order valence-electron chi connectivity index (χ0n) is 21.0. The molecule has 0 N–H and O–H groups in total. The summed E-state index contributed by atoms with van der Waals surface area (Å²) < 4.78 is 11.9. The van der Waals surface area contributed by atoms with Crippen LogP contribution in [-0.2, 0) is 9.53 Å². The summed E-state index contributed by atoms with van der Waals surface area (Å²) in [5, 5.41) is 1.03. The second-order valence-electron chi connectivity index (χ2n) is 10.4. The lowest BCUT2D eigenvalue weighted by atomic mass is 9.72. The van der Waals surface area contributed by atoms with Crippen LogP contribution in [0.4, 0.5) is 0 Å². The van der Waals surface area contributed by atoms with Crippen LogP contribution in [0.3, 0.4) is 0 Å². The van der Waals surface area contributed by atoms with Crippen molar-refractivity contribution >= 4 is 41.7 Å². The van der Waals surface area contributed by atoms with Gasteiger partial charge in [-0.05, 0) is 67.8 Å². The van der Waals surface area contributed by atoms with Gasteiger partial charge < -0.3 is 9.47 Å². The minimum atomic E-state index is -0.265. The molecule has 4 fully saturated rings. The van der Waals surface area contributed by atoms with Gasteiger partial charge in [0.2, 0.25) is 0 Å². The summed E-state index contributed by atoms with van der Waals surface area (Å²) in [6.45, 7) is 4.53. The van der Waals surface area contributed by atoms with Crippen LogP contribution in [0.25, 0.3) is 10.9 Å². The van der Waals surface area contributed by atoms with Gasteiger partial charge >= 0.3 is 5.97 Å². The van der Waals surface area contributed by atoms with E-state index >= 15 is 0 Å². The lowest BCUT2D eigenvalue weighted by molar-refractivity contribution is -0.158. The topological polar surface area (TPSA) is 51.7 Å². The van der Waals surface area contributed by atoms with Crippen LogP contribution in [-0.4, -0.2) is 42.1 Å². The molecule has 3 aliphatic heterocycles. The Hall–Kier alpha value is -1.56. The van der Waals surface area contributed by atoms with Crippen molar-refractivity contribution in [2.24, 2.45) is 17.8 Å². The van der Waals surface area contributed by atoms with Crippen molar-refractivity contribution in [1.82, 2.24) is 9.88 Å². The molecular formula is C28H40Cl2N2O3. The highest BCUT2D eigenvalue weighted by Crippen LogP contribution is 2.44. The van der Waals surface area contributed by atoms with Gasteiger partial charge in [0.1, 0.15) is 11.9 Å². The molecule has 5 atom stereocenters. The molecule has 3 saturated heterocycles. The molecule has 4 heterocycles. The molecule has 1 saturated carbocycles. The summed E-state index contributed by atoms with van der Waals surface area (Å²) in [5.41, 5.74) is 1.99. The number of aromatic nitrogens is 1. The molecule has 0 radical (unpaired) electrons. The largest absolute Gasteiger partial charge is 0.497 e. The lowest BCUT2D eigenvalue weighted by Gasteiger charge is -2.51. The Morgan fingerprint density at radius 3 is 2.66 bits per heavy atom. The van der Waals surface area contributed by atoms with E-state index in [4.69, 9.17) is 9.47 Å². The third-order valence-electron chi connectivity index (χ3n) is 8.59. The van der Waals surface area contributed by atoms with Crippen molar-refractivity contribution in [3.8, 4) is 5.75 Å². The number of halogens is 2.